The maximum Gasteiger partial charge on any atom is 0.340 e. The number of amides is 1. The number of aliphatic carboxylic acids is 1. The molecule has 4 rings (SSSR count). The van der Waals surface area contributed by atoms with Gasteiger partial charge in [0.1, 0.15) is 17.2 Å². The Hall–Kier alpha value is -3.87. The minimum Gasteiger partial charge on any atom is -0.480 e. The number of aryl methyl sites for hydroxylation is 1. The van der Waals surface area contributed by atoms with E-state index >= 15 is 0 Å². The molecule has 1 amide bonds. The van der Waals surface area contributed by atoms with Crippen LogP contribution in [0.25, 0.3) is 33.1 Å². The summed E-state index contributed by atoms with van der Waals surface area (Å²) in [5, 5.41) is 13.5. The van der Waals surface area contributed by atoms with Crippen molar-refractivity contribution in [3.05, 3.63) is 70.3 Å². The number of furan rings is 1. The molecular formula is C26H25NO6. The van der Waals surface area contributed by atoms with Crippen molar-refractivity contribution in [2.45, 2.75) is 39.7 Å². The fourth-order valence-corrected chi connectivity index (χ4v) is 4.05. The molecule has 0 spiro atoms. The summed E-state index contributed by atoms with van der Waals surface area (Å²) >= 11 is 0. The van der Waals surface area contributed by atoms with E-state index in [1.165, 1.54) is 0 Å². The summed E-state index contributed by atoms with van der Waals surface area (Å²) in [6.07, 6.45) is 1.70. The second kappa shape index (κ2) is 8.94. The SMILES string of the molecule is Cc1c(CC(=O)N[C@H](CC(C)C)C(=O)O)c(=O)oc2cc3occ(-c4ccccc4)c3cc12. The fourth-order valence-electron chi connectivity index (χ4n) is 4.05. The number of carboxylic acids is 1. The number of carboxylic acid groups (broad SMARTS) is 1. The van der Waals surface area contributed by atoms with Gasteiger partial charge in [-0.3, -0.25) is 4.79 Å². The van der Waals surface area contributed by atoms with Crippen LogP contribution in [0, 0.1) is 12.8 Å². The largest absolute Gasteiger partial charge is 0.480 e. The van der Waals surface area contributed by atoms with E-state index in [9.17, 15) is 19.5 Å². The highest BCUT2D eigenvalue weighted by molar-refractivity contribution is 6.02. The molecule has 0 saturated heterocycles. The Morgan fingerprint density at radius 3 is 2.45 bits per heavy atom. The topological polar surface area (TPSA) is 110 Å². The van der Waals surface area contributed by atoms with Gasteiger partial charge in [-0.1, -0.05) is 44.2 Å². The lowest BCUT2D eigenvalue weighted by molar-refractivity contribution is -0.142. The zero-order valence-electron chi connectivity index (χ0n) is 18.7. The van der Waals surface area contributed by atoms with Gasteiger partial charge in [-0.15, -0.1) is 0 Å². The Morgan fingerprint density at radius 2 is 1.79 bits per heavy atom. The van der Waals surface area contributed by atoms with Gasteiger partial charge in [-0.25, -0.2) is 9.59 Å². The van der Waals surface area contributed by atoms with E-state index < -0.39 is 23.5 Å². The quantitative estimate of drug-likeness (QED) is 0.398. The van der Waals surface area contributed by atoms with Crippen molar-refractivity contribution in [2.24, 2.45) is 5.92 Å². The van der Waals surface area contributed by atoms with Crippen molar-refractivity contribution in [1.29, 1.82) is 0 Å². The maximum atomic E-state index is 12.7. The molecule has 0 radical (unpaired) electrons. The van der Waals surface area contributed by atoms with E-state index in [4.69, 9.17) is 8.83 Å². The lowest BCUT2D eigenvalue weighted by Crippen LogP contribution is -2.42. The van der Waals surface area contributed by atoms with Crippen molar-refractivity contribution in [3.8, 4) is 11.1 Å². The summed E-state index contributed by atoms with van der Waals surface area (Å²) < 4.78 is 11.2. The van der Waals surface area contributed by atoms with Crippen molar-refractivity contribution in [1.82, 2.24) is 5.32 Å². The molecule has 0 aliphatic rings. The molecule has 0 saturated carbocycles. The van der Waals surface area contributed by atoms with Crippen molar-refractivity contribution in [2.75, 3.05) is 0 Å². The standard InChI is InChI=1S/C26H25NO6/c1-14(2)9-21(25(29)30)27-24(28)11-18-15(3)17-10-19-20(16-7-5-4-6-8-16)13-32-22(19)12-23(17)33-26(18)31/h4-8,10,12-14,21H,9,11H2,1-3H3,(H,27,28)(H,29,30)/t21-/m1/s1. The first-order valence-electron chi connectivity index (χ1n) is 10.8. The number of hydrogen-bond donors (Lipinski definition) is 2. The molecule has 0 fully saturated rings. The number of hydrogen-bond acceptors (Lipinski definition) is 5. The summed E-state index contributed by atoms with van der Waals surface area (Å²) in [6, 6.07) is 12.4. The molecule has 170 valence electrons. The molecule has 2 heterocycles. The van der Waals surface area contributed by atoms with E-state index in [1.54, 1.807) is 19.3 Å². The number of carbonyl (C=O) groups excluding carboxylic acids is 1. The third-order valence-electron chi connectivity index (χ3n) is 5.74. The molecule has 2 aromatic carbocycles. The van der Waals surface area contributed by atoms with Crippen molar-refractivity contribution in [3.63, 3.8) is 0 Å². The molecule has 2 aromatic heterocycles. The Balaban J connectivity index is 1.72. The van der Waals surface area contributed by atoms with Gasteiger partial charge >= 0.3 is 11.6 Å². The number of rotatable bonds is 7. The van der Waals surface area contributed by atoms with Gasteiger partial charge in [0.05, 0.1) is 18.2 Å². The molecule has 33 heavy (non-hydrogen) atoms. The second-order valence-corrected chi connectivity index (χ2v) is 8.62. The van der Waals surface area contributed by atoms with Gasteiger partial charge in [0, 0.05) is 22.4 Å². The van der Waals surface area contributed by atoms with Crippen LogP contribution >= 0.6 is 0 Å². The Bertz CT molecular complexity index is 1400. The van der Waals surface area contributed by atoms with Gasteiger partial charge in [-0.05, 0) is 36.5 Å². The lowest BCUT2D eigenvalue weighted by atomic mass is 9.99. The normalized spacial score (nSPS) is 12.4. The Labute approximate surface area is 190 Å². The number of benzene rings is 2. The average molecular weight is 447 g/mol. The van der Waals surface area contributed by atoms with E-state index in [1.807, 2.05) is 50.2 Å². The van der Waals surface area contributed by atoms with Gasteiger partial charge in [0.15, 0.2) is 0 Å². The highest BCUT2D eigenvalue weighted by Crippen LogP contribution is 2.34. The first-order valence-corrected chi connectivity index (χ1v) is 10.8. The Morgan fingerprint density at radius 1 is 1.06 bits per heavy atom. The zero-order chi connectivity index (χ0) is 23.7. The molecule has 0 aliphatic carbocycles. The smallest absolute Gasteiger partial charge is 0.340 e. The van der Waals surface area contributed by atoms with Gasteiger partial charge in [-0.2, -0.15) is 0 Å². The summed E-state index contributed by atoms with van der Waals surface area (Å²) in [5.41, 5.74) is 3.07. The molecule has 7 heteroatoms. The molecule has 0 bridgehead atoms. The molecule has 1 atom stereocenters. The summed E-state index contributed by atoms with van der Waals surface area (Å²) in [6.45, 7) is 5.52. The van der Waals surface area contributed by atoms with Crippen molar-refractivity contribution < 1.29 is 23.5 Å². The minimum atomic E-state index is -1.10. The minimum absolute atomic E-state index is 0.0926. The van der Waals surface area contributed by atoms with Gasteiger partial charge in [0.25, 0.3) is 0 Å². The lowest BCUT2D eigenvalue weighted by Gasteiger charge is -2.16. The summed E-state index contributed by atoms with van der Waals surface area (Å²) in [4.78, 5) is 36.7. The monoisotopic (exact) mass is 447 g/mol. The maximum absolute atomic E-state index is 12.7. The fraction of sp³-hybridized carbons (Fsp3) is 0.269. The summed E-state index contributed by atoms with van der Waals surface area (Å²) in [5.74, 6) is -1.54. The van der Waals surface area contributed by atoms with Gasteiger partial charge in [0.2, 0.25) is 5.91 Å². The van der Waals surface area contributed by atoms with E-state index in [0.29, 0.717) is 28.5 Å². The van der Waals surface area contributed by atoms with E-state index in [2.05, 4.69) is 5.32 Å². The van der Waals surface area contributed by atoms with Crippen LogP contribution in [-0.4, -0.2) is 23.0 Å². The van der Waals surface area contributed by atoms with E-state index in [-0.39, 0.29) is 17.9 Å². The van der Waals surface area contributed by atoms with Crippen LogP contribution in [0.4, 0.5) is 0 Å². The first-order chi connectivity index (χ1) is 15.7. The number of fused-ring (bicyclic) bond motifs is 2. The number of carbonyl (C=O) groups is 2. The molecule has 0 unspecified atom stereocenters. The van der Waals surface area contributed by atoms with Crippen LogP contribution in [0.3, 0.4) is 0 Å². The third kappa shape index (κ3) is 4.53. The zero-order valence-corrected chi connectivity index (χ0v) is 18.7. The molecule has 4 aromatic rings. The molecule has 2 N–H and O–H groups in total. The Kier molecular flexibility index (Phi) is 6.05. The van der Waals surface area contributed by atoms with Crippen LogP contribution in [0.15, 0.2) is 62.4 Å². The third-order valence-corrected chi connectivity index (χ3v) is 5.74. The van der Waals surface area contributed by atoms with E-state index in [0.717, 1.165) is 16.5 Å². The first kappa shape index (κ1) is 22.3. The highest BCUT2D eigenvalue weighted by Gasteiger charge is 2.23. The second-order valence-electron chi connectivity index (χ2n) is 8.62. The number of nitrogens with one attached hydrogen (secondary N) is 1. The van der Waals surface area contributed by atoms with Crippen LogP contribution in [0.5, 0.6) is 0 Å². The summed E-state index contributed by atoms with van der Waals surface area (Å²) in [7, 11) is 0. The highest BCUT2D eigenvalue weighted by atomic mass is 16.4. The van der Waals surface area contributed by atoms with Crippen LogP contribution < -0.4 is 10.9 Å². The molecular weight excluding hydrogens is 422 g/mol. The van der Waals surface area contributed by atoms with Crippen LogP contribution in [0.2, 0.25) is 0 Å². The predicted octanol–water partition coefficient (Wildman–Crippen LogP) is 4.67. The van der Waals surface area contributed by atoms with Gasteiger partial charge < -0.3 is 19.3 Å². The van der Waals surface area contributed by atoms with Crippen LogP contribution in [-0.2, 0) is 16.0 Å². The molecule has 7 nitrogen and oxygen atoms in total. The predicted molar refractivity (Wildman–Crippen MR) is 125 cm³/mol. The van der Waals surface area contributed by atoms with Crippen molar-refractivity contribution >= 4 is 33.8 Å². The average Bonchev–Trinajstić information content (AvgIpc) is 3.18. The molecule has 0 aliphatic heterocycles. The van der Waals surface area contributed by atoms with Crippen LogP contribution in [0.1, 0.15) is 31.4 Å².